The molecule has 1 amide bonds. The number of allylic oxidation sites excluding steroid dienone is 1. The van der Waals surface area contributed by atoms with E-state index in [0.717, 1.165) is 6.29 Å². The smallest absolute Gasteiger partial charge is 0.225 e. The number of hydrogen-bond acceptors (Lipinski definition) is 4. The number of aromatic nitrogens is 1. The third-order valence-corrected chi connectivity index (χ3v) is 2.43. The molecule has 0 fully saturated rings. The molecule has 0 atom stereocenters. The summed E-state index contributed by atoms with van der Waals surface area (Å²) in [5.74, 6) is -0.128. The van der Waals surface area contributed by atoms with Gasteiger partial charge in [0, 0.05) is 12.8 Å². The van der Waals surface area contributed by atoms with Crippen molar-refractivity contribution in [2.75, 3.05) is 5.32 Å². The van der Waals surface area contributed by atoms with Gasteiger partial charge in [-0.05, 0) is 31.1 Å². The molecule has 0 aromatic carbocycles. The molecule has 1 aromatic rings. The maximum absolute atomic E-state index is 11.6. The Morgan fingerprint density at radius 2 is 2.11 bits per heavy atom. The third-order valence-electron chi connectivity index (χ3n) is 2.43. The Bertz CT molecular complexity index is 483. The van der Waals surface area contributed by atoms with Crippen LogP contribution in [0.1, 0.15) is 36.2 Å². The van der Waals surface area contributed by atoms with Crippen molar-refractivity contribution in [3.8, 4) is 0 Å². The standard InChI is InChI=1S/C14H16N2O3/c1-2-12(18)11-7-6-8-13(15-11)16-14(19)9-4-3-5-10-17/h2,6-8,10H,1,3-5,9H2,(H,15,16,19). The minimum absolute atomic E-state index is 0.179. The predicted molar refractivity (Wildman–Crippen MR) is 71.9 cm³/mol. The number of anilines is 1. The SMILES string of the molecule is C=CC(=O)c1cccc(NC(=O)CCCCC=O)n1. The molecule has 0 unspecified atom stereocenters. The molecule has 0 saturated carbocycles. The molecule has 0 aliphatic carbocycles. The molecule has 5 heteroatoms. The molecule has 1 N–H and O–H groups in total. The molecular weight excluding hydrogens is 244 g/mol. The van der Waals surface area contributed by atoms with E-state index in [9.17, 15) is 14.4 Å². The van der Waals surface area contributed by atoms with Gasteiger partial charge < -0.3 is 10.1 Å². The average molecular weight is 260 g/mol. The number of unbranched alkanes of at least 4 members (excludes halogenated alkanes) is 2. The van der Waals surface area contributed by atoms with Crippen LogP contribution in [0, 0.1) is 0 Å². The number of nitrogens with one attached hydrogen (secondary N) is 1. The van der Waals surface area contributed by atoms with E-state index in [0.29, 0.717) is 31.5 Å². The predicted octanol–water partition coefficient (Wildman–Crippen LogP) is 2.15. The number of nitrogens with zero attached hydrogens (tertiary/aromatic N) is 1. The lowest BCUT2D eigenvalue weighted by Gasteiger charge is -2.05. The zero-order valence-corrected chi connectivity index (χ0v) is 10.6. The van der Waals surface area contributed by atoms with Gasteiger partial charge in [0.2, 0.25) is 11.7 Å². The molecule has 5 nitrogen and oxygen atoms in total. The highest BCUT2D eigenvalue weighted by Gasteiger charge is 2.06. The number of rotatable bonds is 8. The first-order valence-electron chi connectivity index (χ1n) is 6.04. The molecule has 0 aliphatic heterocycles. The molecule has 100 valence electrons. The molecule has 0 spiro atoms. The second-order valence-electron chi connectivity index (χ2n) is 3.94. The van der Waals surface area contributed by atoms with E-state index >= 15 is 0 Å². The van der Waals surface area contributed by atoms with E-state index in [-0.39, 0.29) is 17.4 Å². The number of carbonyl (C=O) groups is 3. The molecular formula is C14H16N2O3. The summed E-state index contributed by atoms with van der Waals surface area (Å²) in [7, 11) is 0. The van der Waals surface area contributed by atoms with Crippen LogP contribution < -0.4 is 5.32 Å². The Hall–Kier alpha value is -2.30. The summed E-state index contributed by atoms with van der Waals surface area (Å²) >= 11 is 0. The van der Waals surface area contributed by atoms with Crippen molar-refractivity contribution in [2.24, 2.45) is 0 Å². The van der Waals surface area contributed by atoms with Gasteiger partial charge in [0.15, 0.2) is 0 Å². The Kier molecular flexibility index (Phi) is 6.15. The van der Waals surface area contributed by atoms with Crippen LogP contribution in [0.4, 0.5) is 5.82 Å². The third kappa shape index (κ3) is 5.25. The summed E-state index contributed by atoms with van der Waals surface area (Å²) in [6, 6.07) is 4.82. The summed E-state index contributed by atoms with van der Waals surface area (Å²) in [6.07, 6.45) is 4.15. The van der Waals surface area contributed by atoms with Gasteiger partial charge in [-0.3, -0.25) is 9.59 Å². The minimum Gasteiger partial charge on any atom is -0.311 e. The fourth-order valence-corrected chi connectivity index (χ4v) is 1.46. The van der Waals surface area contributed by atoms with E-state index in [4.69, 9.17) is 0 Å². The molecule has 1 rings (SSSR count). The van der Waals surface area contributed by atoms with Crippen molar-refractivity contribution < 1.29 is 14.4 Å². The first-order valence-corrected chi connectivity index (χ1v) is 6.04. The van der Waals surface area contributed by atoms with Crippen LogP contribution >= 0.6 is 0 Å². The van der Waals surface area contributed by atoms with Crippen LogP contribution in [0.3, 0.4) is 0 Å². The fourth-order valence-electron chi connectivity index (χ4n) is 1.46. The lowest BCUT2D eigenvalue weighted by Crippen LogP contribution is -2.13. The zero-order valence-electron chi connectivity index (χ0n) is 10.6. The summed E-state index contributed by atoms with van der Waals surface area (Å²) in [5, 5.41) is 2.61. The summed E-state index contributed by atoms with van der Waals surface area (Å²) in [6.45, 7) is 3.38. The first-order chi connectivity index (χ1) is 9.17. The van der Waals surface area contributed by atoms with Gasteiger partial charge in [-0.2, -0.15) is 0 Å². The van der Waals surface area contributed by atoms with Crippen molar-refractivity contribution in [1.82, 2.24) is 4.98 Å². The maximum Gasteiger partial charge on any atom is 0.225 e. The number of pyridine rings is 1. The zero-order chi connectivity index (χ0) is 14.1. The monoisotopic (exact) mass is 260 g/mol. The Morgan fingerprint density at radius 1 is 1.32 bits per heavy atom. The van der Waals surface area contributed by atoms with Gasteiger partial charge in [-0.25, -0.2) is 4.98 Å². The topological polar surface area (TPSA) is 76.1 Å². The fraction of sp³-hybridized carbons (Fsp3) is 0.286. The first kappa shape index (κ1) is 14.8. The van der Waals surface area contributed by atoms with Crippen molar-refractivity contribution in [3.05, 3.63) is 36.5 Å². The van der Waals surface area contributed by atoms with E-state index < -0.39 is 0 Å². The van der Waals surface area contributed by atoms with Gasteiger partial charge >= 0.3 is 0 Å². The van der Waals surface area contributed by atoms with Crippen LogP contribution in [0.15, 0.2) is 30.9 Å². The van der Waals surface area contributed by atoms with Crippen LogP contribution in [-0.4, -0.2) is 23.0 Å². The quantitative estimate of drug-likeness (QED) is 0.336. The van der Waals surface area contributed by atoms with Gasteiger partial charge in [-0.1, -0.05) is 12.6 Å². The minimum atomic E-state index is -0.290. The number of aldehydes is 1. The molecule has 19 heavy (non-hydrogen) atoms. The van der Waals surface area contributed by atoms with Crippen molar-refractivity contribution >= 4 is 23.8 Å². The normalized spacial score (nSPS) is 9.68. The molecule has 0 radical (unpaired) electrons. The van der Waals surface area contributed by atoms with Crippen LogP contribution in [-0.2, 0) is 9.59 Å². The van der Waals surface area contributed by atoms with E-state index in [1.54, 1.807) is 18.2 Å². The highest BCUT2D eigenvalue weighted by molar-refractivity contribution is 6.03. The number of carbonyl (C=O) groups excluding carboxylic acids is 3. The second-order valence-corrected chi connectivity index (χ2v) is 3.94. The molecule has 0 aliphatic rings. The molecule has 0 saturated heterocycles. The largest absolute Gasteiger partial charge is 0.311 e. The lowest BCUT2D eigenvalue weighted by atomic mass is 10.2. The highest BCUT2D eigenvalue weighted by Crippen LogP contribution is 2.07. The second kappa shape index (κ2) is 7.92. The van der Waals surface area contributed by atoms with E-state index in [2.05, 4.69) is 16.9 Å². The summed E-state index contributed by atoms with van der Waals surface area (Å²) in [4.78, 5) is 37.1. The summed E-state index contributed by atoms with van der Waals surface area (Å²) < 4.78 is 0. The molecule has 1 heterocycles. The number of ketones is 1. The van der Waals surface area contributed by atoms with Crippen LogP contribution in [0.25, 0.3) is 0 Å². The average Bonchev–Trinajstić information content (AvgIpc) is 2.43. The Morgan fingerprint density at radius 3 is 2.79 bits per heavy atom. The van der Waals surface area contributed by atoms with Gasteiger partial charge in [0.05, 0.1) is 0 Å². The van der Waals surface area contributed by atoms with E-state index in [1.807, 2.05) is 0 Å². The number of hydrogen-bond donors (Lipinski definition) is 1. The van der Waals surface area contributed by atoms with Crippen molar-refractivity contribution in [2.45, 2.75) is 25.7 Å². The van der Waals surface area contributed by atoms with Crippen molar-refractivity contribution in [3.63, 3.8) is 0 Å². The lowest BCUT2D eigenvalue weighted by molar-refractivity contribution is -0.116. The van der Waals surface area contributed by atoms with E-state index in [1.165, 1.54) is 6.08 Å². The Balaban J connectivity index is 2.52. The Labute approximate surface area is 111 Å². The summed E-state index contributed by atoms with van der Waals surface area (Å²) in [5.41, 5.74) is 0.244. The van der Waals surface area contributed by atoms with Crippen LogP contribution in [0.2, 0.25) is 0 Å². The molecule has 1 aromatic heterocycles. The van der Waals surface area contributed by atoms with Gasteiger partial charge in [0.25, 0.3) is 0 Å². The van der Waals surface area contributed by atoms with Gasteiger partial charge in [-0.15, -0.1) is 0 Å². The maximum atomic E-state index is 11.6. The molecule has 0 bridgehead atoms. The number of amides is 1. The van der Waals surface area contributed by atoms with Gasteiger partial charge in [0.1, 0.15) is 17.8 Å². The van der Waals surface area contributed by atoms with Crippen LogP contribution in [0.5, 0.6) is 0 Å². The van der Waals surface area contributed by atoms with Crippen molar-refractivity contribution in [1.29, 1.82) is 0 Å². The highest BCUT2D eigenvalue weighted by atomic mass is 16.1.